The van der Waals surface area contributed by atoms with Crippen LogP contribution < -0.4 is 0 Å². The molecule has 2 atom stereocenters. The van der Waals surface area contributed by atoms with E-state index in [1.165, 1.54) is 0 Å². The molecule has 0 heterocycles. The van der Waals surface area contributed by atoms with Crippen molar-refractivity contribution >= 4 is 0 Å². The van der Waals surface area contributed by atoms with Gasteiger partial charge in [0.1, 0.15) is 0 Å². The van der Waals surface area contributed by atoms with Crippen molar-refractivity contribution in [2.75, 3.05) is 0 Å². The maximum atomic E-state index is 9.43. The molecular weight excluding hydrogens is 188 g/mol. The Kier molecular flexibility index (Phi) is 8.73. The largest absolute Gasteiger partial charge is 0.393 e. The molecule has 0 aromatic heterocycles. The van der Waals surface area contributed by atoms with Gasteiger partial charge in [0.2, 0.25) is 0 Å². The molecule has 2 unspecified atom stereocenters. The van der Waals surface area contributed by atoms with Gasteiger partial charge in [0.05, 0.1) is 12.2 Å². The van der Waals surface area contributed by atoms with E-state index in [-0.39, 0.29) is 6.10 Å². The maximum absolute atomic E-state index is 9.43. The van der Waals surface area contributed by atoms with E-state index in [9.17, 15) is 5.11 Å². The van der Waals surface area contributed by atoms with E-state index in [2.05, 4.69) is 6.58 Å². The van der Waals surface area contributed by atoms with Gasteiger partial charge in [0, 0.05) is 0 Å². The van der Waals surface area contributed by atoms with E-state index >= 15 is 0 Å². The lowest BCUT2D eigenvalue weighted by atomic mass is 10.2. The summed E-state index contributed by atoms with van der Waals surface area (Å²) in [5.41, 5.74) is 0. The highest BCUT2D eigenvalue weighted by atomic mass is 16.3. The van der Waals surface area contributed by atoms with Gasteiger partial charge in [0.15, 0.2) is 0 Å². The highest BCUT2D eigenvalue weighted by Gasteiger charge is 1.92. The van der Waals surface area contributed by atoms with Crippen molar-refractivity contribution in [3.05, 3.63) is 49.1 Å². The molecule has 84 valence electrons. The smallest absolute Gasteiger partial charge is 0.0758 e. The quantitative estimate of drug-likeness (QED) is 0.630. The molecule has 2 N–H and O–H groups in total. The summed E-state index contributed by atoms with van der Waals surface area (Å²) in [6, 6.07) is 0. The van der Waals surface area contributed by atoms with Gasteiger partial charge < -0.3 is 10.2 Å². The second-order valence-electron chi connectivity index (χ2n) is 3.36. The summed E-state index contributed by atoms with van der Waals surface area (Å²) in [5, 5.41) is 18.4. The van der Waals surface area contributed by atoms with Gasteiger partial charge in [-0.25, -0.2) is 0 Å². The minimum Gasteiger partial charge on any atom is -0.393 e. The highest BCUT2D eigenvalue weighted by molar-refractivity contribution is 5.07. The normalized spacial score (nSPS) is 16.5. The fourth-order valence-electron chi connectivity index (χ4n) is 0.939. The third-order valence-electron chi connectivity index (χ3n) is 1.71. The van der Waals surface area contributed by atoms with Gasteiger partial charge in [0.25, 0.3) is 0 Å². The SMILES string of the molecule is C=CC=CCC(O)C=CC=CCC(C)O. The zero-order valence-corrected chi connectivity index (χ0v) is 9.21. The van der Waals surface area contributed by atoms with E-state index in [4.69, 9.17) is 5.11 Å². The second-order valence-corrected chi connectivity index (χ2v) is 3.36. The van der Waals surface area contributed by atoms with Crippen molar-refractivity contribution in [2.45, 2.75) is 32.0 Å². The summed E-state index contributed by atoms with van der Waals surface area (Å²) in [4.78, 5) is 0. The average molecular weight is 208 g/mol. The number of aliphatic hydroxyl groups excluding tert-OH is 2. The van der Waals surface area contributed by atoms with E-state index in [0.717, 1.165) is 0 Å². The third-order valence-corrected chi connectivity index (χ3v) is 1.71. The first-order valence-corrected chi connectivity index (χ1v) is 5.13. The van der Waals surface area contributed by atoms with Crippen molar-refractivity contribution in [3.8, 4) is 0 Å². The Morgan fingerprint density at radius 2 is 1.73 bits per heavy atom. The Hall–Kier alpha value is -1.12. The van der Waals surface area contributed by atoms with Gasteiger partial charge in [-0.15, -0.1) is 0 Å². The Morgan fingerprint density at radius 1 is 1.07 bits per heavy atom. The third kappa shape index (κ3) is 10.8. The Morgan fingerprint density at radius 3 is 2.33 bits per heavy atom. The lowest BCUT2D eigenvalue weighted by Gasteiger charge is -1.98. The molecule has 0 aromatic rings. The van der Waals surface area contributed by atoms with E-state index in [1.54, 1.807) is 31.2 Å². The molecule has 2 heteroatoms. The van der Waals surface area contributed by atoms with Gasteiger partial charge >= 0.3 is 0 Å². The lowest BCUT2D eigenvalue weighted by Crippen LogP contribution is -1.98. The molecule has 0 aliphatic heterocycles. The summed E-state index contributed by atoms with van der Waals surface area (Å²) >= 11 is 0. The zero-order valence-electron chi connectivity index (χ0n) is 9.21. The van der Waals surface area contributed by atoms with Crippen LogP contribution >= 0.6 is 0 Å². The van der Waals surface area contributed by atoms with Crippen molar-refractivity contribution in [1.82, 2.24) is 0 Å². The maximum Gasteiger partial charge on any atom is 0.0758 e. The minimum absolute atomic E-state index is 0.310. The molecule has 0 fully saturated rings. The van der Waals surface area contributed by atoms with Gasteiger partial charge in [-0.1, -0.05) is 49.1 Å². The average Bonchev–Trinajstić information content (AvgIpc) is 2.17. The molecule has 0 radical (unpaired) electrons. The Bertz CT molecular complexity index is 237. The van der Waals surface area contributed by atoms with Crippen LogP contribution in [-0.4, -0.2) is 22.4 Å². The van der Waals surface area contributed by atoms with Crippen molar-refractivity contribution in [3.63, 3.8) is 0 Å². The number of aliphatic hydroxyl groups is 2. The number of hydrogen-bond donors (Lipinski definition) is 2. The molecule has 0 aliphatic carbocycles. The molecule has 0 saturated heterocycles. The van der Waals surface area contributed by atoms with Crippen LogP contribution in [0.3, 0.4) is 0 Å². The van der Waals surface area contributed by atoms with Crippen LogP contribution in [0, 0.1) is 0 Å². The molecule has 0 amide bonds. The van der Waals surface area contributed by atoms with E-state index in [1.807, 2.05) is 18.2 Å². The number of allylic oxidation sites excluding steroid dienone is 4. The molecule has 0 aromatic carbocycles. The van der Waals surface area contributed by atoms with Gasteiger partial charge in [-0.3, -0.25) is 0 Å². The van der Waals surface area contributed by atoms with Gasteiger partial charge in [-0.2, -0.15) is 0 Å². The topological polar surface area (TPSA) is 40.5 Å². The second kappa shape index (κ2) is 9.44. The number of hydrogen-bond acceptors (Lipinski definition) is 2. The monoisotopic (exact) mass is 208 g/mol. The fourth-order valence-corrected chi connectivity index (χ4v) is 0.939. The molecule has 0 bridgehead atoms. The van der Waals surface area contributed by atoms with Crippen LogP contribution in [0.2, 0.25) is 0 Å². The predicted molar refractivity (Wildman–Crippen MR) is 64.5 cm³/mol. The van der Waals surface area contributed by atoms with E-state index in [0.29, 0.717) is 12.8 Å². The molecule has 0 spiro atoms. The van der Waals surface area contributed by atoms with Crippen molar-refractivity contribution < 1.29 is 10.2 Å². The van der Waals surface area contributed by atoms with Crippen molar-refractivity contribution in [2.24, 2.45) is 0 Å². The first-order chi connectivity index (χ1) is 7.16. The van der Waals surface area contributed by atoms with Crippen LogP contribution in [-0.2, 0) is 0 Å². The molecule has 15 heavy (non-hydrogen) atoms. The van der Waals surface area contributed by atoms with Crippen LogP contribution in [0.5, 0.6) is 0 Å². The summed E-state index contributed by atoms with van der Waals surface area (Å²) < 4.78 is 0. The molecule has 0 rings (SSSR count). The van der Waals surface area contributed by atoms with Crippen LogP contribution in [0.4, 0.5) is 0 Å². The zero-order chi connectivity index (χ0) is 11.5. The first kappa shape index (κ1) is 13.9. The van der Waals surface area contributed by atoms with Crippen LogP contribution in [0.25, 0.3) is 0 Å². The van der Waals surface area contributed by atoms with Crippen molar-refractivity contribution in [1.29, 1.82) is 0 Å². The fraction of sp³-hybridized carbons (Fsp3) is 0.385. The summed E-state index contributed by atoms with van der Waals surface area (Å²) in [5.74, 6) is 0. The molecule has 0 saturated carbocycles. The molecule has 2 nitrogen and oxygen atoms in total. The van der Waals surface area contributed by atoms with E-state index < -0.39 is 6.10 Å². The first-order valence-electron chi connectivity index (χ1n) is 5.13. The number of rotatable bonds is 7. The molecular formula is C13H20O2. The standard InChI is InChI=1S/C13H20O2/c1-3-4-6-10-13(15)11-8-5-7-9-12(2)14/h3-8,11-15H,1,9-10H2,2H3. The Balaban J connectivity index is 3.70. The highest BCUT2D eigenvalue weighted by Crippen LogP contribution is 1.97. The lowest BCUT2D eigenvalue weighted by molar-refractivity contribution is 0.198. The summed E-state index contributed by atoms with van der Waals surface area (Å²) in [7, 11) is 0. The van der Waals surface area contributed by atoms with Crippen LogP contribution in [0.15, 0.2) is 49.1 Å². The Labute approximate surface area is 91.9 Å². The van der Waals surface area contributed by atoms with Gasteiger partial charge in [-0.05, 0) is 19.8 Å². The molecule has 0 aliphatic rings. The predicted octanol–water partition coefficient (Wildman–Crippen LogP) is 2.36. The summed E-state index contributed by atoms with van der Waals surface area (Å²) in [6.45, 7) is 5.28. The summed E-state index contributed by atoms with van der Waals surface area (Å²) in [6.07, 6.45) is 13.0. The van der Waals surface area contributed by atoms with Crippen LogP contribution in [0.1, 0.15) is 19.8 Å². The minimum atomic E-state index is -0.461.